The lowest BCUT2D eigenvalue weighted by molar-refractivity contribution is -0.120. The second-order valence-electron chi connectivity index (χ2n) is 6.14. The van der Waals surface area contributed by atoms with E-state index in [2.05, 4.69) is 5.32 Å². The third-order valence-electron chi connectivity index (χ3n) is 4.21. The third kappa shape index (κ3) is 5.31. The van der Waals surface area contributed by atoms with E-state index in [0.29, 0.717) is 23.7 Å². The molecule has 1 aromatic carbocycles. The molecule has 0 radical (unpaired) electrons. The molecule has 1 aromatic heterocycles. The number of carbonyl (C=O) groups is 2. The number of carbonyl (C=O) groups excluding carboxylic acids is 2. The minimum Gasteiger partial charge on any atom is -0.493 e. The molecule has 0 saturated heterocycles. The number of thiophene rings is 1. The first-order valence-corrected chi connectivity index (χ1v) is 9.35. The molecule has 1 heterocycles. The van der Waals surface area contributed by atoms with Gasteiger partial charge in [0.25, 0.3) is 5.91 Å². The molecule has 0 spiro atoms. The van der Waals surface area contributed by atoms with Gasteiger partial charge in [0.1, 0.15) is 10.8 Å². The molecule has 0 aliphatic rings. The predicted octanol–water partition coefficient (Wildman–Crippen LogP) is 2.88. The van der Waals surface area contributed by atoms with Crippen molar-refractivity contribution in [2.24, 2.45) is 5.73 Å². The van der Waals surface area contributed by atoms with Crippen LogP contribution >= 0.6 is 11.3 Å². The van der Waals surface area contributed by atoms with Gasteiger partial charge in [-0.3, -0.25) is 14.5 Å². The first kappa shape index (κ1) is 19.9. The normalized spacial score (nSPS) is 12.0. The average molecular weight is 375 g/mol. The molecule has 1 unspecified atom stereocenters. The average Bonchev–Trinajstić information content (AvgIpc) is 3.07. The third-order valence-corrected chi connectivity index (χ3v) is 5.04. The number of likely N-dealkylation sites (N-methyl/N-ethyl adjacent to an activating group) is 1. The Hall–Kier alpha value is -2.38. The van der Waals surface area contributed by atoms with Gasteiger partial charge < -0.3 is 15.8 Å². The van der Waals surface area contributed by atoms with Crippen LogP contribution in [0.2, 0.25) is 0 Å². The van der Waals surface area contributed by atoms with E-state index in [9.17, 15) is 9.59 Å². The number of hydrogen-bond donors (Lipinski definition) is 2. The molecule has 0 fully saturated rings. The predicted molar refractivity (Wildman–Crippen MR) is 105 cm³/mol. The van der Waals surface area contributed by atoms with Gasteiger partial charge in [-0.2, -0.15) is 0 Å². The molecular formula is C19H25N3O3S. The maximum Gasteiger partial charge on any atom is 0.251 e. The molecule has 3 N–H and O–H groups in total. The topological polar surface area (TPSA) is 84.7 Å². The zero-order valence-electron chi connectivity index (χ0n) is 15.3. The fourth-order valence-corrected chi connectivity index (χ4v) is 3.22. The smallest absolute Gasteiger partial charge is 0.251 e. The maximum absolute atomic E-state index is 12.4. The van der Waals surface area contributed by atoms with Gasteiger partial charge in [-0.1, -0.05) is 18.2 Å². The van der Waals surface area contributed by atoms with E-state index >= 15 is 0 Å². The summed E-state index contributed by atoms with van der Waals surface area (Å²) in [6, 6.07) is 9.17. The Balaban J connectivity index is 1.78. The van der Waals surface area contributed by atoms with E-state index in [-0.39, 0.29) is 11.9 Å². The summed E-state index contributed by atoms with van der Waals surface area (Å²) in [5.74, 6) is 0.172. The molecule has 0 aliphatic heterocycles. The zero-order valence-corrected chi connectivity index (χ0v) is 16.1. The van der Waals surface area contributed by atoms with Gasteiger partial charge in [-0.25, -0.2) is 0 Å². The molecule has 0 saturated carbocycles. The molecule has 2 amide bonds. The van der Waals surface area contributed by atoms with Crippen molar-refractivity contribution in [1.29, 1.82) is 0 Å². The maximum atomic E-state index is 12.4. The van der Waals surface area contributed by atoms with E-state index in [4.69, 9.17) is 10.5 Å². The summed E-state index contributed by atoms with van der Waals surface area (Å²) in [5.41, 5.74) is 6.75. The van der Waals surface area contributed by atoms with Crippen molar-refractivity contribution in [2.45, 2.75) is 26.3 Å². The van der Waals surface area contributed by atoms with Crippen molar-refractivity contribution < 1.29 is 14.3 Å². The molecule has 26 heavy (non-hydrogen) atoms. The summed E-state index contributed by atoms with van der Waals surface area (Å²) in [6.45, 7) is 5.14. The van der Waals surface area contributed by atoms with Crippen LogP contribution in [0, 0.1) is 6.92 Å². The van der Waals surface area contributed by atoms with Gasteiger partial charge in [0.15, 0.2) is 0 Å². The lowest BCUT2D eigenvalue weighted by Gasteiger charge is -2.23. The number of amides is 2. The van der Waals surface area contributed by atoms with E-state index < -0.39 is 5.91 Å². The van der Waals surface area contributed by atoms with Gasteiger partial charge in [0, 0.05) is 6.54 Å². The Kier molecular flexibility index (Phi) is 7.17. The summed E-state index contributed by atoms with van der Waals surface area (Å²) in [6.07, 6.45) is 0.800. The highest BCUT2D eigenvalue weighted by Crippen LogP contribution is 2.23. The molecule has 0 aliphatic carbocycles. The molecular weight excluding hydrogens is 350 g/mol. The molecule has 2 aromatic rings. The summed E-state index contributed by atoms with van der Waals surface area (Å²) < 4.78 is 5.78. The lowest BCUT2D eigenvalue weighted by Crippen LogP contribution is -2.40. The highest BCUT2D eigenvalue weighted by atomic mass is 32.1. The number of aryl methyl sites for hydroxylation is 1. The van der Waals surface area contributed by atoms with Crippen LogP contribution in [-0.2, 0) is 4.79 Å². The first-order valence-electron chi connectivity index (χ1n) is 8.47. The minimum atomic E-state index is -0.545. The minimum absolute atomic E-state index is 0.169. The Morgan fingerprint density at radius 1 is 1.31 bits per heavy atom. The largest absolute Gasteiger partial charge is 0.493 e. The molecule has 0 bridgehead atoms. The zero-order chi connectivity index (χ0) is 19.1. The molecule has 1 atom stereocenters. The van der Waals surface area contributed by atoms with Crippen molar-refractivity contribution >= 4 is 28.2 Å². The fourth-order valence-electron chi connectivity index (χ4n) is 2.42. The summed E-state index contributed by atoms with van der Waals surface area (Å²) in [4.78, 5) is 25.7. The Bertz CT molecular complexity index is 760. The van der Waals surface area contributed by atoms with E-state index in [1.165, 1.54) is 11.3 Å². The fraction of sp³-hybridized carbons (Fsp3) is 0.368. The van der Waals surface area contributed by atoms with Crippen LogP contribution in [0.5, 0.6) is 5.75 Å². The number of nitrogens with one attached hydrogen (secondary N) is 1. The molecule has 6 nitrogen and oxygen atoms in total. The molecule has 7 heteroatoms. The SMILES string of the molecule is Cc1ccccc1OCCCN(C)C(C)C(=O)Nc1sccc1C(N)=O. The quantitative estimate of drug-likeness (QED) is 0.660. The van der Waals surface area contributed by atoms with Crippen LogP contribution in [0.15, 0.2) is 35.7 Å². The van der Waals surface area contributed by atoms with Crippen LogP contribution < -0.4 is 15.8 Å². The van der Waals surface area contributed by atoms with Crippen molar-refractivity contribution in [3.05, 3.63) is 46.8 Å². The number of benzene rings is 1. The Morgan fingerprint density at radius 3 is 2.73 bits per heavy atom. The standard InChI is InChI=1S/C19H25N3O3S/c1-13-7-4-5-8-16(13)25-11-6-10-22(3)14(2)18(24)21-19-15(17(20)23)9-12-26-19/h4-5,7-9,12,14H,6,10-11H2,1-3H3,(H2,20,23)(H,21,24). The number of ether oxygens (including phenoxy) is 1. The number of nitrogens with two attached hydrogens (primary N) is 1. The number of hydrogen-bond acceptors (Lipinski definition) is 5. The number of para-hydroxylation sites is 1. The van der Waals surface area contributed by atoms with Gasteiger partial charge in [0.05, 0.1) is 18.2 Å². The van der Waals surface area contributed by atoms with Crippen molar-refractivity contribution in [3.63, 3.8) is 0 Å². The summed E-state index contributed by atoms with van der Waals surface area (Å²) >= 11 is 1.28. The Morgan fingerprint density at radius 2 is 2.04 bits per heavy atom. The number of nitrogens with zero attached hydrogens (tertiary/aromatic N) is 1. The van der Waals surface area contributed by atoms with Crippen LogP contribution in [-0.4, -0.2) is 43.0 Å². The van der Waals surface area contributed by atoms with E-state index in [1.807, 2.05) is 50.1 Å². The second kappa shape index (κ2) is 9.35. The van der Waals surface area contributed by atoms with Gasteiger partial charge in [0.2, 0.25) is 5.91 Å². The second-order valence-corrected chi connectivity index (χ2v) is 7.06. The first-order chi connectivity index (χ1) is 12.4. The summed E-state index contributed by atoms with van der Waals surface area (Å²) in [7, 11) is 1.89. The van der Waals surface area contributed by atoms with Gasteiger partial charge in [-0.15, -0.1) is 11.3 Å². The van der Waals surface area contributed by atoms with Gasteiger partial charge in [-0.05, 0) is 50.4 Å². The van der Waals surface area contributed by atoms with Crippen LogP contribution in [0.1, 0.15) is 29.3 Å². The number of rotatable bonds is 9. The highest BCUT2D eigenvalue weighted by molar-refractivity contribution is 7.14. The van der Waals surface area contributed by atoms with Crippen LogP contribution in [0.4, 0.5) is 5.00 Å². The Labute approximate surface area is 157 Å². The van der Waals surface area contributed by atoms with Crippen molar-refractivity contribution in [1.82, 2.24) is 4.90 Å². The molecule has 140 valence electrons. The number of anilines is 1. The summed E-state index contributed by atoms with van der Waals surface area (Å²) in [5, 5.41) is 5.00. The van der Waals surface area contributed by atoms with Gasteiger partial charge >= 0.3 is 0 Å². The van der Waals surface area contributed by atoms with Crippen LogP contribution in [0.25, 0.3) is 0 Å². The van der Waals surface area contributed by atoms with Crippen molar-refractivity contribution in [2.75, 3.05) is 25.5 Å². The highest BCUT2D eigenvalue weighted by Gasteiger charge is 2.20. The molecule has 2 rings (SSSR count). The van der Waals surface area contributed by atoms with E-state index in [1.54, 1.807) is 11.4 Å². The number of primary amides is 1. The van der Waals surface area contributed by atoms with Crippen LogP contribution in [0.3, 0.4) is 0 Å². The van der Waals surface area contributed by atoms with E-state index in [0.717, 1.165) is 17.7 Å². The monoisotopic (exact) mass is 375 g/mol. The van der Waals surface area contributed by atoms with Crippen molar-refractivity contribution in [3.8, 4) is 5.75 Å². The lowest BCUT2D eigenvalue weighted by atomic mass is 10.2.